The zero-order valence-electron chi connectivity index (χ0n) is 15.7. The third-order valence-corrected chi connectivity index (χ3v) is 4.86. The lowest BCUT2D eigenvalue weighted by Gasteiger charge is -2.16. The van der Waals surface area contributed by atoms with Crippen LogP contribution in [0.4, 0.5) is 0 Å². The molecule has 3 aromatic heterocycles. The van der Waals surface area contributed by atoms with Gasteiger partial charge in [0.05, 0.1) is 16.9 Å². The molecule has 5 nitrogen and oxygen atoms in total. The SMILES string of the molecule is CC(=O)Oc1c(-c2ccccn2)cccc1-n1c2ccccc2c2cccnc21. The minimum absolute atomic E-state index is 0.386. The maximum Gasteiger partial charge on any atom is 0.308 e. The summed E-state index contributed by atoms with van der Waals surface area (Å²) in [6.45, 7) is 1.41. The molecule has 0 aliphatic carbocycles. The van der Waals surface area contributed by atoms with E-state index in [4.69, 9.17) is 4.74 Å². The number of benzene rings is 2. The molecule has 0 unspecified atom stereocenters. The highest BCUT2D eigenvalue weighted by atomic mass is 16.5. The van der Waals surface area contributed by atoms with Crippen LogP contribution in [0.25, 0.3) is 38.9 Å². The van der Waals surface area contributed by atoms with E-state index in [9.17, 15) is 4.79 Å². The Balaban J connectivity index is 1.89. The summed E-state index contributed by atoms with van der Waals surface area (Å²) in [6, 6.07) is 23.5. The zero-order chi connectivity index (χ0) is 19.8. The number of hydrogen-bond donors (Lipinski definition) is 0. The van der Waals surface area contributed by atoms with E-state index < -0.39 is 0 Å². The highest BCUT2D eigenvalue weighted by Crippen LogP contribution is 2.39. The third-order valence-electron chi connectivity index (χ3n) is 4.86. The number of nitrogens with zero attached hydrogens (tertiary/aromatic N) is 3. The van der Waals surface area contributed by atoms with E-state index in [0.717, 1.165) is 38.9 Å². The van der Waals surface area contributed by atoms with Gasteiger partial charge in [-0.25, -0.2) is 4.98 Å². The molecule has 0 saturated carbocycles. The number of hydrogen-bond acceptors (Lipinski definition) is 4. The Morgan fingerprint density at radius 1 is 0.828 bits per heavy atom. The molecule has 0 aliphatic heterocycles. The second-order valence-electron chi connectivity index (χ2n) is 6.69. The van der Waals surface area contributed by atoms with Gasteiger partial charge in [0.1, 0.15) is 5.65 Å². The summed E-state index contributed by atoms with van der Waals surface area (Å²) in [5.74, 6) is 0.0790. The summed E-state index contributed by atoms with van der Waals surface area (Å²) in [5.41, 5.74) is 4.03. The van der Waals surface area contributed by atoms with Gasteiger partial charge in [0.2, 0.25) is 0 Å². The minimum Gasteiger partial charge on any atom is -0.424 e. The second kappa shape index (κ2) is 6.87. The normalized spacial score (nSPS) is 11.1. The van der Waals surface area contributed by atoms with Gasteiger partial charge in [-0.3, -0.25) is 14.3 Å². The number of pyridine rings is 2. The molecule has 0 atom stereocenters. The molecule has 5 rings (SSSR count). The number of aromatic nitrogens is 3. The van der Waals surface area contributed by atoms with Crippen molar-refractivity contribution in [1.82, 2.24) is 14.5 Å². The highest BCUT2D eigenvalue weighted by Gasteiger charge is 2.20. The van der Waals surface area contributed by atoms with Crippen molar-refractivity contribution < 1.29 is 9.53 Å². The predicted octanol–water partition coefficient (Wildman–Crippen LogP) is 5.17. The van der Waals surface area contributed by atoms with Crippen LogP contribution in [-0.4, -0.2) is 20.5 Å². The molecule has 3 heterocycles. The molecule has 0 bridgehead atoms. The summed E-state index contributed by atoms with van der Waals surface area (Å²) in [5, 5.41) is 2.13. The Hall–Kier alpha value is -3.99. The van der Waals surface area contributed by atoms with Crippen LogP contribution in [0.3, 0.4) is 0 Å². The Labute approximate surface area is 167 Å². The van der Waals surface area contributed by atoms with E-state index in [1.807, 2.05) is 65.2 Å². The molecule has 5 heteroatoms. The fraction of sp³-hybridized carbons (Fsp3) is 0.0417. The van der Waals surface area contributed by atoms with Crippen LogP contribution in [0.1, 0.15) is 6.92 Å². The average Bonchev–Trinajstić information content (AvgIpc) is 3.09. The molecule has 140 valence electrons. The maximum atomic E-state index is 12.0. The number of rotatable bonds is 3. The van der Waals surface area contributed by atoms with Gasteiger partial charge in [0.15, 0.2) is 5.75 Å². The van der Waals surface area contributed by atoms with Gasteiger partial charge in [0, 0.05) is 35.7 Å². The number of fused-ring (bicyclic) bond motifs is 3. The van der Waals surface area contributed by atoms with Crippen molar-refractivity contribution >= 4 is 27.9 Å². The quantitative estimate of drug-likeness (QED) is 0.321. The third kappa shape index (κ3) is 2.84. The number of esters is 1. The Morgan fingerprint density at radius 2 is 1.62 bits per heavy atom. The molecule has 0 fully saturated rings. The Kier molecular flexibility index (Phi) is 4.06. The molecule has 0 N–H and O–H groups in total. The molecular weight excluding hydrogens is 362 g/mol. The average molecular weight is 379 g/mol. The molecule has 5 aromatic rings. The van der Waals surface area contributed by atoms with E-state index in [2.05, 4.69) is 22.1 Å². The molecule has 0 radical (unpaired) electrons. The van der Waals surface area contributed by atoms with Crippen LogP contribution in [-0.2, 0) is 4.79 Å². The first-order valence-electron chi connectivity index (χ1n) is 9.31. The van der Waals surface area contributed by atoms with Crippen molar-refractivity contribution in [3.05, 3.63) is 85.2 Å². The zero-order valence-corrected chi connectivity index (χ0v) is 15.7. The van der Waals surface area contributed by atoms with Crippen molar-refractivity contribution in [3.8, 4) is 22.7 Å². The van der Waals surface area contributed by atoms with E-state index in [-0.39, 0.29) is 5.97 Å². The summed E-state index contributed by atoms with van der Waals surface area (Å²) < 4.78 is 7.76. The second-order valence-corrected chi connectivity index (χ2v) is 6.69. The first kappa shape index (κ1) is 17.1. The lowest BCUT2D eigenvalue weighted by Crippen LogP contribution is -2.07. The molecule has 0 amide bonds. The summed E-state index contributed by atoms with van der Waals surface area (Å²) in [4.78, 5) is 21.1. The number of carbonyl (C=O) groups is 1. The Bertz CT molecular complexity index is 1300. The van der Waals surface area contributed by atoms with Gasteiger partial charge in [0.25, 0.3) is 0 Å². The van der Waals surface area contributed by atoms with Gasteiger partial charge >= 0.3 is 5.97 Å². The van der Waals surface area contributed by atoms with Crippen LogP contribution in [0.5, 0.6) is 5.75 Å². The largest absolute Gasteiger partial charge is 0.424 e. The molecule has 0 spiro atoms. The van der Waals surface area contributed by atoms with Gasteiger partial charge < -0.3 is 4.74 Å². The van der Waals surface area contributed by atoms with Crippen molar-refractivity contribution in [2.75, 3.05) is 0 Å². The Morgan fingerprint density at radius 3 is 2.45 bits per heavy atom. The number of carbonyl (C=O) groups excluding carboxylic acids is 1. The fourth-order valence-electron chi connectivity index (χ4n) is 3.72. The lowest BCUT2D eigenvalue weighted by atomic mass is 10.1. The molecular formula is C24H17N3O2. The van der Waals surface area contributed by atoms with Crippen LogP contribution in [0.2, 0.25) is 0 Å². The monoisotopic (exact) mass is 379 g/mol. The highest BCUT2D eigenvalue weighted by molar-refractivity contribution is 6.08. The van der Waals surface area contributed by atoms with Crippen LogP contribution >= 0.6 is 0 Å². The standard InChI is InChI=1S/C24H17N3O2/c1-16(28)29-23-19(20-11-4-5-14-25-20)9-6-13-22(23)27-21-12-3-2-8-17(21)18-10-7-15-26-24(18)27/h2-15H,1H3. The van der Waals surface area contributed by atoms with Crippen LogP contribution < -0.4 is 4.74 Å². The molecule has 0 aliphatic rings. The van der Waals surface area contributed by atoms with E-state index in [1.165, 1.54) is 6.92 Å². The van der Waals surface area contributed by atoms with E-state index in [1.54, 1.807) is 12.4 Å². The van der Waals surface area contributed by atoms with E-state index in [0.29, 0.717) is 5.75 Å². The molecule has 29 heavy (non-hydrogen) atoms. The molecule has 0 saturated heterocycles. The van der Waals surface area contributed by atoms with E-state index >= 15 is 0 Å². The maximum absolute atomic E-state index is 12.0. The number of para-hydroxylation sites is 2. The fourth-order valence-corrected chi connectivity index (χ4v) is 3.72. The van der Waals surface area contributed by atoms with Crippen LogP contribution in [0.15, 0.2) is 85.2 Å². The summed E-state index contributed by atoms with van der Waals surface area (Å²) in [7, 11) is 0. The van der Waals surface area contributed by atoms with Crippen LogP contribution in [0, 0.1) is 0 Å². The first-order valence-corrected chi connectivity index (χ1v) is 9.31. The molecule has 2 aromatic carbocycles. The van der Waals surface area contributed by atoms with Gasteiger partial charge in [-0.1, -0.05) is 30.3 Å². The van der Waals surface area contributed by atoms with Crippen molar-refractivity contribution in [2.24, 2.45) is 0 Å². The summed E-state index contributed by atoms with van der Waals surface area (Å²) >= 11 is 0. The summed E-state index contributed by atoms with van der Waals surface area (Å²) in [6.07, 6.45) is 3.49. The predicted molar refractivity (Wildman–Crippen MR) is 113 cm³/mol. The van der Waals surface area contributed by atoms with Gasteiger partial charge in [-0.2, -0.15) is 0 Å². The van der Waals surface area contributed by atoms with Crippen molar-refractivity contribution in [3.63, 3.8) is 0 Å². The number of ether oxygens (including phenoxy) is 1. The minimum atomic E-state index is -0.386. The topological polar surface area (TPSA) is 57.0 Å². The lowest BCUT2D eigenvalue weighted by molar-refractivity contribution is -0.131. The van der Waals surface area contributed by atoms with Gasteiger partial charge in [-0.15, -0.1) is 0 Å². The van der Waals surface area contributed by atoms with Gasteiger partial charge in [-0.05, 0) is 42.5 Å². The van der Waals surface area contributed by atoms with Crippen molar-refractivity contribution in [2.45, 2.75) is 6.92 Å². The van der Waals surface area contributed by atoms with Crippen molar-refractivity contribution in [1.29, 1.82) is 0 Å². The first-order chi connectivity index (χ1) is 14.2. The smallest absolute Gasteiger partial charge is 0.308 e.